The molecular weight excluding hydrogens is 441 g/mol. The van der Waals surface area contributed by atoms with Gasteiger partial charge in [-0.25, -0.2) is 9.37 Å². The molecule has 33 heavy (non-hydrogen) atoms. The maximum Gasteiger partial charge on any atom is 0.302 e. The van der Waals surface area contributed by atoms with Crippen molar-refractivity contribution in [2.24, 2.45) is 0 Å². The summed E-state index contributed by atoms with van der Waals surface area (Å²) in [6.45, 7) is 1.95. The fraction of sp³-hybridized carbons (Fsp3) is 0.0800. The molecule has 0 bridgehead atoms. The number of aryl methyl sites for hydroxylation is 1. The fourth-order valence-corrected chi connectivity index (χ4v) is 4.32. The van der Waals surface area contributed by atoms with E-state index in [9.17, 15) is 14.0 Å². The van der Waals surface area contributed by atoms with E-state index in [2.05, 4.69) is 5.32 Å². The normalized spacial score (nSPS) is 11.2. The highest BCUT2D eigenvalue weighted by atomic mass is 32.2. The molecule has 0 aliphatic rings. The van der Waals surface area contributed by atoms with Crippen LogP contribution in [0.5, 0.6) is 0 Å². The van der Waals surface area contributed by atoms with Crippen molar-refractivity contribution in [2.45, 2.75) is 12.1 Å². The lowest BCUT2D eigenvalue weighted by Gasteiger charge is -2.12. The molecule has 0 saturated carbocycles. The molecule has 5 rings (SSSR count). The Bertz CT molecular complexity index is 1560. The van der Waals surface area contributed by atoms with E-state index in [1.807, 2.05) is 49.4 Å². The molecule has 0 unspecified atom stereocenters. The van der Waals surface area contributed by atoms with Crippen molar-refractivity contribution in [3.63, 3.8) is 0 Å². The van der Waals surface area contributed by atoms with Gasteiger partial charge in [0.05, 0.1) is 17.1 Å². The van der Waals surface area contributed by atoms with E-state index in [-0.39, 0.29) is 22.6 Å². The van der Waals surface area contributed by atoms with Crippen LogP contribution in [0.25, 0.3) is 27.8 Å². The van der Waals surface area contributed by atoms with Gasteiger partial charge >= 0.3 is 5.56 Å². The molecule has 6 nitrogen and oxygen atoms in total. The SMILES string of the molecule is Cc1ccc(-n2c(SCC(=O)Nc3ccccc3F)nc3c(oc4ccccc43)c2=O)cc1. The number of nitrogens with zero attached hydrogens (tertiary/aromatic N) is 2. The van der Waals surface area contributed by atoms with Gasteiger partial charge in [-0.3, -0.25) is 14.2 Å². The van der Waals surface area contributed by atoms with Crippen LogP contribution in [-0.2, 0) is 4.79 Å². The zero-order valence-corrected chi connectivity index (χ0v) is 18.4. The summed E-state index contributed by atoms with van der Waals surface area (Å²) in [4.78, 5) is 30.7. The van der Waals surface area contributed by atoms with E-state index in [0.717, 1.165) is 22.7 Å². The summed E-state index contributed by atoms with van der Waals surface area (Å²) in [5.74, 6) is -0.989. The Morgan fingerprint density at radius 1 is 1.06 bits per heavy atom. The summed E-state index contributed by atoms with van der Waals surface area (Å²) in [7, 11) is 0. The fourth-order valence-electron chi connectivity index (χ4n) is 3.52. The molecule has 1 N–H and O–H groups in total. The number of nitrogens with one attached hydrogen (secondary N) is 1. The van der Waals surface area contributed by atoms with Crippen molar-refractivity contribution in [3.05, 3.63) is 94.5 Å². The first-order valence-corrected chi connectivity index (χ1v) is 11.2. The number of thioether (sulfide) groups is 1. The smallest absolute Gasteiger partial charge is 0.302 e. The number of furan rings is 1. The van der Waals surface area contributed by atoms with Crippen molar-refractivity contribution in [1.29, 1.82) is 0 Å². The topological polar surface area (TPSA) is 77.1 Å². The second-order valence-electron chi connectivity index (χ2n) is 7.46. The number of rotatable bonds is 5. The number of para-hydroxylation sites is 2. The number of anilines is 1. The zero-order valence-electron chi connectivity index (χ0n) is 17.5. The molecule has 2 heterocycles. The number of fused-ring (bicyclic) bond motifs is 3. The van der Waals surface area contributed by atoms with Crippen LogP contribution < -0.4 is 10.9 Å². The van der Waals surface area contributed by atoms with Gasteiger partial charge in [0.2, 0.25) is 11.5 Å². The molecule has 164 valence electrons. The predicted octanol–water partition coefficient (Wildman–Crippen LogP) is 5.31. The molecule has 0 spiro atoms. The second-order valence-corrected chi connectivity index (χ2v) is 8.41. The van der Waals surface area contributed by atoms with Gasteiger partial charge < -0.3 is 9.73 Å². The van der Waals surface area contributed by atoms with E-state index in [4.69, 9.17) is 9.40 Å². The standard InChI is InChI=1S/C25H18FN3O3S/c1-15-10-12-16(13-11-15)29-24(31)23-22(17-6-2-5-9-20(17)32-23)28-25(29)33-14-21(30)27-19-8-4-3-7-18(19)26/h2-13H,14H2,1H3,(H,27,30). The molecule has 0 radical (unpaired) electrons. The maximum absolute atomic E-state index is 13.9. The molecule has 0 saturated heterocycles. The lowest BCUT2D eigenvalue weighted by Crippen LogP contribution is -2.22. The van der Waals surface area contributed by atoms with E-state index < -0.39 is 11.7 Å². The average Bonchev–Trinajstić information content (AvgIpc) is 3.19. The van der Waals surface area contributed by atoms with Crippen LogP contribution in [0.15, 0.2) is 87.2 Å². The summed E-state index contributed by atoms with van der Waals surface area (Å²) in [5.41, 5.74) is 2.54. The Morgan fingerprint density at radius 2 is 1.79 bits per heavy atom. The molecule has 2 aromatic heterocycles. The van der Waals surface area contributed by atoms with Gasteiger partial charge in [0, 0.05) is 5.39 Å². The number of hydrogen-bond acceptors (Lipinski definition) is 5. The third-order valence-electron chi connectivity index (χ3n) is 5.14. The molecule has 5 aromatic rings. The zero-order chi connectivity index (χ0) is 22.9. The highest BCUT2D eigenvalue weighted by molar-refractivity contribution is 7.99. The second kappa shape index (κ2) is 8.55. The van der Waals surface area contributed by atoms with Crippen LogP contribution in [0.1, 0.15) is 5.56 Å². The van der Waals surface area contributed by atoms with Crippen LogP contribution >= 0.6 is 11.8 Å². The largest absolute Gasteiger partial charge is 0.448 e. The molecule has 1 amide bonds. The number of aromatic nitrogens is 2. The van der Waals surface area contributed by atoms with Gasteiger partial charge in [-0.1, -0.05) is 53.7 Å². The molecule has 3 aromatic carbocycles. The highest BCUT2D eigenvalue weighted by Gasteiger charge is 2.20. The lowest BCUT2D eigenvalue weighted by molar-refractivity contribution is -0.113. The minimum absolute atomic E-state index is 0.0616. The number of hydrogen-bond donors (Lipinski definition) is 1. The van der Waals surface area contributed by atoms with Crippen molar-refractivity contribution in [1.82, 2.24) is 9.55 Å². The number of halogens is 1. The Balaban J connectivity index is 1.57. The van der Waals surface area contributed by atoms with Crippen LogP contribution in [0.3, 0.4) is 0 Å². The number of carbonyl (C=O) groups is 1. The van der Waals surface area contributed by atoms with Gasteiger partial charge in [-0.15, -0.1) is 0 Å². The summed E-state index contributed by atoms with van der Waals surface area (Å²) in [5, 5.41) is 3.62. The summed E-state index contributed by atoms with van der Waals surface area (Å²) in [6, 6.07) is 20.7. The molecule has 0 atom stereocenters. The Hall–Kier alpha value is -3.91. The van der Waals surface area contributed by atoms with E-state index in [1.165, 1.54) is 16.7 Å². The molecule has 8 heteroatoms. The van der Waals surface area contributed by atoms with E-state index >= 15 is 0 Å². The van der Waals surface area contributed by atoms with Crippen molar-refractivity contribution < 1.29 is 13.6 Å². The van der Waals surface area contributed by atoms with E-state index in [0.29, 0.717) is 21.9 Å². The molecule has 0 fully saturated rings. The van der Waals surface area contributed by atoms with Gasteiger partial charge in [-0.05, 0) is 43.3 Å². The van der Waals surface area contributed by atoms with Crippen LogP contribution in [0.4, 0.5) is 10.1 Å². The first kappa shape index (κ1) is 21.0. The van der Waals surface area contributed by atoms with Crippen LogP contribution in [-0.4, -0.2) is 21.2 Å². The lowest BCUT2D eigenvalue weighted by atomic mass is 10.2. The number of carbonyl (C=O) groups excluding carboxylic acids is 1. The molecule has 0 aliphatic heterocycles. The first-order chi connectivity index (χ1) is 16.0. The third kappa shape index (κ3) is 4.01. The summed E-state index contributed by atoms with van der Waals surface area (Å²) >= 11 is 1.10. The Morgan fingerprint density at radius 3 is 2.58 bits per heavy atom. The minimum Gasteiger partial charge on any atom is -0.448 e. The number of amides is 1. The van der Waals surface area contributed by atoms with Gasteiger partial charge in [-0.2, -0.15) is 0 Å². The molecular formula is C25H18FN3O3S. The quantitative estimate of drug-likeness (QED) is 0.285. The minimum atomic E-state index is -0.517. The monoisotopic (exact) mass is 459 g/mol. The van der Waals surface area contributed by atoms with Gasteiger partial charge in [0.15, 0.2) is 5.16 Å². The van der Waals surface area contributed by atoms with Crippen molar-refractivity contribution in [2.75, 3.05) is 11.1 Å². The third-order valence-corrected chi connectivity index (χ3v) is 6.08. The average molecular weight is 460 g/mol. The van der Waals surface area contributed by atoms with Gasteiger partial charge in [0.1, 0.15) is 16.9 Å². The summed E-state index contributed by atoms with van der Waals surface area (Å²) < 4.78 is 21.1. The van der Waals surface area contributed by atoms with Gasteiger partial charge in [0.25, 0.3) is 0 Å². The maximum atomic E-state index is 13.9. The Labute approximate surface area is 192 Å². The first-order valence-electron chi connectivity index (χ1n) is 10.2. The van der Waals surface area contributed by atoms with E-state index in [1.54, 1.807) is 18.2 Å². The Kier molecular flexibility index (Phi) is 5.43. The highest BCUT2D eigenvalue weighted by Crippen LogP contribution is 2.28. The summed E-state index contributed by atoms with van der Waals surface area (Å²) in [6.07, 6.45) is 0. The van der Waals surface area contributed by atoms with Crippen LogP contribution in [0, 0.1) is 12.7 Å². The molecule has 0 aliphatic carbocycles. The predicted molar refractivity (Wildman–Crippen MR) is 128 cm³/mol. The number of benzene rings is 3. The van der Waals surface area contributed by atoms with Crippen molar-refractivity contribution >= 4 is 45.4 Å². The van der Waals surface area contributed by atoms with Crippen molar-refractivity contribution in [3.8, 4) is 5.69 Å². The van der Waals surface area contributed by atoms with Crippen LogP contribution in [0.2, 0.25) is 0 Å².